The fraction of sp³-hybridized carbons (Fsp3) is 0. The second-order valence-electron chi connectivity index (χ2n) is 2.52. The van der Waals surface area contributed by atoms with Crippen LogP contribution in [0.15, 0.2) is 18.2 Å². The van der Waals surface area contributed by atoms with Gasteiger partial charge in [-0.05, 0) is 18.2 Å². The Morgan fingerprint density at radius 2 is 1.69 bits per heavy atom. The Bertz CT molecular complexity index is 449. The zero-order chi connectivity index (χ0) is 10.7. The molecule has 2 N–H and O–H groups in total. The molecule has 0 aliphatic heterocycles. The highest BCUT2D eigenvalue weighted by molar-refractivity contribution is 5.94. The van der Waals surface area contributed by atoms with E-state index in [9.17, 15) is 9.59 Å². The lowest BCUT2D eigenvalue weighted by Gasteiger charge is -2.00. The Labute approximate surface area is 104 Å². The van der Waals surface area contributed by atoms with Gasteiger partial charge < -0.3 is 10.2 Å². The number of hydrogen-bond acceptors (Lipinski definition) is 2. The van der Waals surface area contributed by atoms with Crippen molar-refractivity contribution in [1.82, 2.24) is 0 Å². The van der Waals surface area contributed by atoms with Gasteiger partial charge in [-0.2, -0.15) is 0 Å². The Morgan fingerprint density at radius 3 is 2.06 bits per heavy atom. The van der Waals surface area contributed by atoms with E-state index < -0.39 is 11.9 Å². The average molecular weight is 263 g/mol. The molecular weight excluding hydrogens is 255 g/mol. The number of carboxylic acids is 2. The summed E-state index contributed by atoms with van der Waals surface area (Å²) < 4.78 is 0. The molecule has 1 rings (SSSR count). The molecule has 86 valence electrons. The number of carbonyl (C=O) groups is 2. The van der Waals surface area contributed by atoms with E-state index in [1.165, 1.54) is 12.1 Å². The van der Waals surface area contributed by atoms with E-state index in [-0.39, 0.29) is 41.5 Å². The summed E-state index contributed by atoms with van der Waals surface area (Å²) in [6.07, 6.45) is 5.05. The minimum Gasteiger partial charge on any atom is -0.478 e. The molecule has 0 unspecified atom stereocenters. The van der Waals surface area contributed by atoms with Gasteiger partial charge in [-0.15, -0.1) is 31.2 Å². The zero-order valence-electron chi connectivity index (χ0n) is 7.84. The monoisotopic (exact) mass is 262 g/mol. The molecule has 1 aromatic rings. The van der Waals surface area contributed by atoms with Crippen molar-refractivity contribution < 1.29 is 19.8 Å². The van der Waals surface area contributed by atoms with Crippen LogP contribution in [-0.2, 0) is 0 Å². The minimum absolute atomic E-state index is 0. The maximum atomic E-state index is 10.6. The first-order chi connectivity index (χ1) is 6.56. The number of carboxylic acid groups (broad SMARTS) is 2. The third kappa shape index (κ3) is 3.46. The highest BCUT2D eigenvalue weighted by atomic mass is 35.5. The number of aromatic carboxylic acids is 2. The first kappa shape index (κ1) is 16.7. The van der Waals surface area contributed by atoms with Crippen molar-refractivity contribution in [3.63, 3.8) is 0 Å². The molecule has 0 aliphatic carbocycles. The highest BCUT2D eigenvalue weighted by Gasteiger charge is 2.11. The van der Waals surface area contributed by atoms with Gasteiger partial charge in [0.15, 0.2) is 0 Å². The van der Waals surface area contributed by atoms with E-state index >= 15 is 0 Å². The summed E-state index contributed by atoms with van der Waals surface area (Å²) in [5.41, 5.74) is -0.0298. The van der Waals surface area contributed by atoms with E-state index in [4.69, 9.17) is 16.6 Å². The van der Waals surface area contributed by atoms with Crippen LogP contribution in [0.25, 0.3) is 0 Å². The lowest BCUT2D eigenvalue weighted by molar-refractivity contribution is 0.0681. The molecule has 0 saturated heterocycles. The standard InChI is InChI=1S/C10H6O4.2ClH/c1-2-6-5-7(9(11)12)3-4-8(6)10(13)14;;/h1,3-5H,(H,11,12)(H,13,14);2*1H. The number of hydrogen-bond donors (Lipinski definition) is 2. The molecule has 0 radical (unpaired) electrons. The molecule has 0 amide bonds. The van der Waals surface area contributed by atoms with Crippen LogP contribution in [0.4, 0.5) is 0 Å². The first-order valence-electron chi connectivity index (χ1n) is 3.63. The topological polar surface area (TPSA) is 74.6 Å². The largest absolute Gasteiger partial charge is 0.478 e. The highest BCUT2D eigenvalue weighted by Crippen LogP contribution is 2.11. The van der Waals surface area contributed by atoms with Crippen molar-refractivity contribution in [1.29, 1.82) is 0 Å². The summed E-state index contributed by atoms with van der Waals surface area (Å²) in [5.74, 6) is -0.184. The third-order valence-corrected chi connectivity index (χ3v) is 1.65. The van der Waals surface area contributed by atoms with Crippen LogP contribution in [0.5, 0.6) is 0 Å². The van der Waals surface area contributed by atoms with E-state index in [1.54, 1.807) is 0 Å². The van der Waals surface area contributed by atoms with Gasteiger partial charge in [0.1, 0.15) is 0 Å². The Morgan fingerprint density at radius 1 is 1.12 bits per heavy atom. The zero-order valence-corrected chi connectivity index (χ0v) is 9.47. The van der Waals surface area contributed by atoms with Crippen LogP contribution in [0.3, 0.4) is 0 Å². The molecule has 0 aromatic heterocycles. The fourth-order valence-electron chi connectivity index (χ4n) is 0.983. The minimum atomic E-state index is -1.17. The average Bonchev–Trinajstić information content (AvgIpc) is 2.16. The Balaban J connectivity index is 0. The fourth-order valence-corrected chi connectivity index (χ4v) is 0.983. The van der Waals surface area contributed by atoms with Gasteiger partial charge in [-0.3, -0.25) is 0 Å². The van der Waals surface area contributed by atoms with Crippen LogP contribution in [0, 0.1) is 12.3 Å². The van der Waals surface area contributed by atoms with Gasteiger partial charge in [0.05, 0.1) is 11.1 Å². The van der Waals surface area contributed by atoms with Crippen molar-refractivity contribution in [3.8, 4) is 12.3 Å². The molecule has 0 bridgehead atoms. The predicted molar refractivity (Wildman–Crippen MR) is 62.8 cm³/mol. The third-order valence-electron chi connectivity index (χ3n) is 1.65. The van der Waals surface area contributed by atoms with Gasteiger partial charge in [0, 0.05) is 5.56 Å². The van der Waals surface area contributed by atoms with Crippen molar-refractivity contribution in [2.24, 2.45) is 0 Å². The van der Waals surface area contributed by atoms with Crippen LogP contribution >= 0.6 is 24.8 Å². The SMILES string of the molecule is C#Cc1cc(C(=O)O)ccc1C(=O)O.Cl.Cl. The second-order valence-corrected chi connectivity index (χ2v) is 2.52. The summed E-state index contributed by atoms with van der Waals surface area (Å²) in [6, 6.07) is 3.54. The van der Waals surface area contributed by atoms with Crippen LogP contribution in [0.1, 0.15) is 26.3 Å². The van der Waals surface area contributed by atoms with E-state index in [0.29, 0.717) is 0 Å². The van der Waals surface area contributed by atoms with Gasteiger partial charge in [-0.1, -0.05) is 5.92 Å². The van der Waals surface area contributed by atoms with Gasteiger partial charge in [0.25, 0.3) is 0 Å². The van der Waals surface area contributed by atoms with E-state index in [0.717, 1.165) is 6.07 Å². The number of halogens is 2. The molecule has 0 heterocycles. The lowest BCUT2D eigenvalue weighted by atomic mass is 10.0. The molecule has 16 heavy (non-hydrogen) atoms. The molecule has 0 atom stereocenters. The molecular formula is C10H8Cl2O4. The number of rotatable bonds is 2. The summed E-state index contributed by atoms with van der Waals surface area (Å²) in [5, 5.41) is 17.3. The van der Waals surface area contributed by atoms with Crippen molar-refractivity contribution >= 4 is 36.8 Å². The second kappa shape index (κ2) is 6.72. The van der Waals surface area contributed by atoms with Gasteiger partial charge in [0.2, 0.25) is 0 Å². The molecule has 6 heteroatoms. The molecule has 4 nitrogen and oxygen atoms in total. The lowest BCUT2D eigenvalue weighted by Crippen LogP contribution is -2.03. The maximum Gasteiger partial charge on any atom is 0.336 e. The Kier molecular flexibility index (Phi) is 7.03. The Hall–Kier alpha value is -1.70. The van der Waals surface area contributed by atoms with Gasteiger partial charge in [-0.25, -0.2) is 9.59 Å². The predicted octanol–water partition coefficient (Wildman–Crippen LogP) is 1.91. The quantitative estimate of drug-likeness (QED) is 0.799. The van der Waals surface area contributed by atoms with Gasteiger partial charge >= 0.3 is 11.9 Å². The van der Waals surface area contributed by atoms with Crippen LogP contribution in [0.2, 0.25) is 0 Å². The summed E-state index contributed by atoms with van der Waals surface area (Å²) >= 11 is 0. The summed E-state index contributed by atoms with van der Waals surface area (Å²) in [6.45, 7) is 0. The molecule has 0 aliphatic rings. The molecule has 0 fully saturated rings. The van der Waals surface area contributed by atoms with E-state index in [2.05, 4.69) is 5.92 Å². The maximum absolute atomic E-state index is 10.6. The summed E-state index contributed by atoms with van der Waals surface area (Å²) in [4.78, 5) is 21.2. The first-order valence-corrected chi connectivity index (χ1v) is 3.63. The van der Waals surface area contributed by atoms with Crippen molar-refractivity contribution in [3.05, 3.63) is 34.9 Å². The van der Waals surface area contributed by atoms with Crippen molar-refractivity contribution in [2.45, 2.75) is 0 Å². The number of benzene rings is 1. The number of terminal acetylenes is 1. The van der Waals surface area contributed by atoms with Crippen molar-refractivity contribution in [2.75, 3.05) is 0 Å². The van der Waals surface area contributed by atoms with Crippen LogP contribution in [-0.4, -0.2) is 22.2 Å². The smallest absolute Gasteiger partial charge is 0.336 e. The molecule has 0 saturated carbocycles. The van der Waals surface area contributed by atoms with E-state index in [1.807, 2.05) is 0 Å². The van der Waals surface area contributed by atoms with Crippen LogP contribution < -0.4 is 0 Å². The summed E-state index contributed by atoms with van der Waals surface area (Å²) in [7, 11) is 0. The molecule has 1 aromatic carbocycles. The normalized spacial score (nSPS) is 7.94. The molecule has 0 spiro atoms.